The topological polar surface area (TPSA) is 104 Å². The van der Waals surface area contributed by atoms with E-state index in [0.29, 0.717) is 44.9 Å². The number of ether oxygens (including phenoxy) is 2. The number of hydrogen-bond donors (Lipinski definition) is 0. The molecule has 2 atom stereocenters. The largest absolute Gasteiger partial charge is 0.389 e. The van der Waals surface area contributed by atoms with E-state index in [1.165, 1.54) is 19.1 Å². The van der Waals surface area contributed by atoms with Crippen LogP contribution in [-0.2, 0) is 19.1 Å². The van der Waals surface area contributed by atoms with Crippen molar-refractivity contribution in [1.82, 2.24) is 0 Å². The smallest absolute Gasteiger partial charge is 0.269 e. The minimum atomic E-state index is -0.688. The van der Waals surface area contributed by atoms with Crippen LogP contribution >= 0.6 is 0 Å². The van der Waals surface area contributed by atoms with Gasteiger partial charge in [0.05, 0.1) is 24.1 Å². The van der Waals surface area contributed by atoms with Gasteiger partial charge in [-0.2, -0.15) is 0 Å². The van der Waals surface area contributed by atoms with Crippen molar-refractivity contribution >= 4 is 22.9 Å². The van der Waals surface area contributed by atoms with Crippen molar-refractivity contribution in [2.75, 3.05) is 31.2 Å². The molecule has 0 saturated carbocycles. The number of non-ortho nitro benzene ring substituents is 1. The van der Waals surface area contributed by atoms with E-state index in [1.807, 2.05) is 0 Å². The van der Waals surface area contributed by atoms with E-state index >= 15 is 0 Å². The fourth-order valence-corrected chi connectivity index (χ4v) is 3.80. The molecule has 2 saturated heterocycles. The lowest BCUT2D eigenvalue weighted by Gasteiger charge is -2.41. The summed E-state index contributed by atoms with van der Waals surface area (Å²) >= 11 is 0. The highest BCUT2D eigenvalue weighted by molar-refractivity contribution is 6.40. The molecule has 3 aliphatic heterocycles. The number of carbonyl (C=O) groups is 1. The Morgan fingerprint density at radius 2 is 1.89 bits per heavy atom. The number of carbonyl (C=O) groups excluding carboxylic acids is 1. The number of piperidine rings is 1. The van der Waals surface area contributed by atoms with Crippen LogP contribution in [0.2, 0.25) is 0 Å². The van der Waals surface area contributed by atoms with Crippen molar-refractivity contribution in [1.29, 1.82) is 0 Å². The summed E-state index contributed by atoms with van der Waals surface area (Å²) in [6.45, 7) is 3.58. The summed E-state index contributed by atoms with van der Waals surface area (Å²) in [7, 11) is 0. The Balaban J connectivity index is 1.39. The summed E-state index contributed by atoms with van der Waals surface area (Å²) in [5.41, 5.74) is 1.44. The number of anilines is 1. The minimum absolute atomic E-state index is 0.0807. The molecule has 0 aromatic heterocycles. The van der Waals surface area contributed by atoms with Gasteiger partial charge in [0.15, 0.2) is 17.7 Å². The number of fused-ring (bicyclic) bond motifs is 1. The van der Waals surface area contributed by atoms with Crippen LogP contribution in [0.4, 0.5) is 11.4 Å². The van der Waals surface area contributed by atoms with E-state index in [2.05, 4.69) is 10.1 Å². The van der Waals surface area contributed by atoms with Crippen molar-refractivity contribution in [2.45, 2.75) is 31.7 Å². The van der Waals surface area contributed by atoms with Gasteiger partial charge in [-0.05, 0) is 12.1 Å². The molecule has 1 spiro atoms. The normalized spacial score (nSPS) is 26.7. The predicted octanol–water partition coefficient (Wildman–Crippen LogP) is 1.90. The summed E-state index contributed by atoms with van der Waals surface area (Å²) in [5, 5.41) is 14.7. The molecule has 144 valence electrons. The molecule has 9 nitrogen and oxygen atoms in total. The first-order valence-electron chi connectivity index (χ1n) is 8.99. The van der Waals surface area contributed by atoms with Gasteiger partial charge >= 0.3 is 0 Å². The van der Waals surface area contributed by atoms with Gasteiger partial charge in [0.2, 0.25) is 0 Å². The Bertz CT molecular complexity index is 770. The molecule has 0 amide bonds. The van der Waals surface area contributed by atoms with E-state index in [-0.39, 0.29) is 23.5 Å². The zero-order chi connectivity index (χ0) is 19.0. The Morgan fingerprint density at radius 3 is 2.52 bits per heavy atom. The molecule has 4 rings (SSSR count). The molecular formula is C18H21N3O6. The number of rotatable bonds is 3. The lowest BCUT2D eigenvalue weighted by atomic mass is 9.96. The second-order valence-electron chi connectivity index (χ2n) is 7.08. The Hall–Kier alpha value is -2.52. The Kier molecular flexibility index (Phi) is 4.56. The number of nitro groups is 1. The van der Waals surface area contributed by atoms with Gasteiger partial charge < -0.3 is 19.2 Å². The number of nitrogens with zero attached hydrogens (tertiary/aromatic N) is 3. The second-order valence-corrected chi connectivity index (χ2v) is 7.08. The molecule has 0 unspecified atom stereocenters. The molecule has 2 fully saturated rings. The first-order chi connectivity index (χ1) is 13.0. The van der Waals surface area contributed by atoms with E-state index in [9.17, 15) is 14.9 Å². The van der Waals surface area contributed by atoms with Gasteiger partial charge in [0.1, 0.15) is 5.71 Å². The van der Waals surface area contributed by atoms with Crippen LogP contribution < -0.4 is 4.90 Å². The number of oxime groups is 1. The van der Waals surface area contributed by atoms with E-state index in [4.69, 9.17) is 14.3 Å². The molecule has 1 aromatic carbocycles. The lowest BCUT2D eigenvalue weighted by Crippen LogP contribution is -2.48. The average molecular weight is 375 g/mol. The number of Topliss-reactive ketones (excluding diaryl/α,β-unsaturated/α-hetero) is 1. The molecule has 27 heavy (non-hydrogen) atoms. The van der Waals surface area contributed by atoms with Crippen LogP contribution in [-0.4, -0.2) is 54.6 Å². The molecule has 0 radical (unpaired) electrons. The fourth-order valence-electron chi connectivity index (χ4n) is 3.80. The van der Waals surface area contributed by atoms with Crippen LogP contribution in [0.1, 0.15) is 19.8 Å². The third-order valence-electron chi connectivity index (χ3n) is 5.43. The van der Waals surface area contributed by atoms with Crippen molar-refractivity contribution in [3.63, 3.8) is 0 Å². The van der Waals surface area contributed by atoms with E-state index in [1.54, 1.807) is 12.1 Å². The van der Waals surface area contributed by atoms with Crippen molar-refractivity contribution in [2.24, 2.45) is 11.1 Å². The van der Waals surface area contributed by atoms with E-state index < -0.39 is 10.7 Å². The van der Waals surface area contributed by atoms with Crippen LogP contribution in [0.25, 0.3) is 0 Å². The fraction of sp³-hybridized carbons (Fsp3) is 0.556. The maximum atomic E-state index is 11.7. The number of hydrogen-bond acceptors (Lipinski definition) is 8. The van der Waals surface area contributed by atoms with Crippen LogP contribution in [0, 0.1) is 16.0 Å². The first-order valence-corrected chi connectivity index (χ1v) is 8.99. The summed E-state index contributed by atoms with van der Waals surface area (Å²) in [5.74, 6) is -0.975. The highest BCUT2D eigenvalue weighted by Gasteiger charge is 2.46. The van der Waals surface area contributed by atoms with Crippen molar-refractivity contribution < 1.29 is 24.0 Å². The molecular weight excluding hydrogens is 354 g/mol. The van der Waals surface area contributed by atoms with Crippen molar-refractivity contribution in [3.8, 4) is 0 Å². The summed E-state index contributed by atoms with van der Waals surface area (Å²) < 4.78 is 12.2. The SMILES string of the molecule is CC(=O)C1=NO[C@H]2COC3(CCN(c4ccc([N+](=O)[O-])cc4)CC3)OC[C@@H]12. The summed E-state index contributed by atoms with van der Waals surface area (Å²) in [4.78, 5) is 29.6. The van der Waals surface area contributed by atoms with Crippen LogP contribution in [0.15, 0.2) is 29.4 Å². The quantitative estimate of drug-likeness (QED) is 0.587. The molecule has 0 aliphatic carbocycles. The van der Waals surface area contributed by atoms with Crippen LogP contribution in [0.3, 0.4) is 0 Å². The van der Waals surface area contributed by atoms with Gasteiger partial charge in [-0.25, -0.2) is 0 Å². The zero-order valence-electron chi connectivity index (χ0n) is 15.0. The molecule has 1 aromatic rings. The van der Waals surface area contributed by atoms with Gasteiger partial charge in [-0.1, -0.05) is 5.16 Å². The standard InChI is InChI=1S/C18H21N3O6/c1-12(22)17-15-10-25-18(26-11-16(15)27-19-17)6-8-20(9-7-18)13-2-4-14(5-3-13)21(23)24/h2-5,15-16H,6-11H2,1H3/t15-,16+/m1/s1. The monoisotopic (exact) mass is 375 g/mol. The number of benzene rings is 1. The van der Waals surface area contributed by atoms with E-state index in [0.717, 1.165) is 5.69 Å². The highest BCUT2D eigenvalue weighted by Crippen LogP contribution is 2.36. The molecule has 9 heteroatoms. The van der Waals surface area contributed by atoms with Crippen molar-refractivity contribution in [3.05, 3.63) is 34.4 Å². The second kappa shape index (κ2) is 6.90. The maximum absolute atomic E-state index is 11.7. The molecule has 0 bridgehead atoms. The third kappa shape index (κ3) is 3.40. The van der Waals surface area contributed by atoms with Crippen LogP contribution in [0.5, 0.6) is 0 Å². The Morgan fingerprint density at radius 1 is 1.22 bits per heavy atom. The number of nitro benzene ring substituents is 1. The third-order valence-corrected chi connectivity index (χ3v) is 5.43. The minimum Gasteiger partial charge on any atom is -0.389 e. The van der Waals surface area contributed by atoms with Gasteiger partial charge in [0.25, 0.3) is 5.69 Å². The average Bonchev–Trinajstić information content (AvgIpc) is 3.01. The maximum Gasteiger partial charge on any atom is 0.269 e. The molecule has 3 heterocycles. The predicted molar refractivity (Wildman–Crippen MR) is 95.7 cm³/mol. The summed E-state index contributed by atoms with van der Waals surface area (Å²) in [6, 6.07) is 6.55. The first kappa shape index (κ1) is 17.9. The molecule has 0 N–H and O–H groups in total. The zero-order valence-corrected chi connectivity index (χ0v) is 15.0. The highest BCUT2D eigenvalue weighted by atomic mass is 16.7. The van der Waals surface area contributed by atoms with Gasteiger partial charge in [-0.15, -0.1) is 0 Å². The number of ketones is 1. The summed E-state index contributed by atoms with van der Waals surface area (Å²) in [6.07, 6.45) is 1.04. The Labute approximate surface area is 156 Å². The van der Waals surface area contributed by atoms with Gasteiger partial charge in [0, 0.05) is 50.7 Å². The lowest BCUT2D eigenvalue weighted by molar-refractivity contribution is -0.384. The van der Waals surface area contributed by atoms with Gasteiger partial charge in [-0.3, -0.25) is 14.9 Å². The molecule has 3 aliphatic rings.